The van der Waals surface area contributed by atoms with Gasteiger partial charge in [0.1, 0.15) is 0 Å². The van der Waals surface area contributed by atoms with Crippen molar-refractivity contribution < 1.29 is 14.3 Å². The SMILES string of the molecule is CC(C)CCCCCc1cccc([PH](O)(O)Oc2ccccc2)c1CCCCCC(C)C. The van der Waals surface area contributed by atoms with Crippen LogP contribution in [0.3, 0.4) is 0 Å². The number of rotatable bonds is 15. The topological polar surface area (TPSA) is 49.7 Å². The van der Waals surface area contributed by atoms with Gasteiger partial charge in [-0.2, -0.15) is 0 Å². The Morgan fingerprint density at radius 3 is 1.88 bits per heavy atom. The molecule has 0 saturated heterocycles. The Balaban J connectivity index is 2.14. The third kappa shape index (κ3) is 9.61. The van der Waals surface area contributed by atoms with E-state index in [4.69, 9.17) is 4.52 Å². The maximum absolute atomic E-state index is 11.1. The Hall–Kier alpha value is -1.41. The van der Waals surface area contributed by atoms with Crippen LogP contribution in [0.15, 0.2) is 48.5 Å². The molecule has 0 aliphatic heterocycles. The zero-order valence-electron chi connectivity index (χ0n) is 20.6. The van der Waals surface area contributed by atoms with Gasteiger partial charge in [-0.15, -0.1) is 0 Å². The molecule has 3 nitrogen and oxygen atoms in total. The molecule has 2 aromatic rings. The first kappa shape index (κ1) is 26.8. The second-order valence-corrected chi connectivity index (χ2v) is 11.9. The molecule has 2 aromatic carbocycles. The molecule has 0 radical (unpaired) electrons. The van der Waals surface area contributed by atoms with Crippen molar-refractivity contribution in [1.82, 2.24) is 0 Å². The summed E-state index contributed by atoms with van der Waals surface area (Å²) in [6.07, 6.45) is 11.5. The minimum atomic E-state index is -4.05. The van der Waals surface area contributed by atoms with Crippen LogP contribution in [-0.4, -0.2) is 9.79 Å². The fourth-order valence-electron chi connectivity index (χ4n) is 4.25. The van der Waals surface area contributed by atoms with Gasteiger partial charge >= 0.3 is 197 Å². The number of hydrogen-bond donors (Lipinski definition) is 2. The number of aryl methyl sites for hydroxylation is 1. The second kappa shape index (κ2) is 14.0. The minimum absolute atomic E-state index is 0.506. The first-order valence-electron chi connectivity index (χ1n) is 12.6. The van der Waals surface area contributed by atoms with E-state index in [0.29, 0.717) is 11.1 Å². The summed E-state index contributed by atoms with van der Waals surface area (Å²) < 4.78 is 5.76. The van der Waals surface area contributed by atoms with Gasteiger partial charge in [0, 0.05) is 0 Å². The summed E-state index contributed by atoms with van der Waals surface area (Å²) in [6, 6.07) is 15.1. The van der Waals surface area contributed by atoms with Gasteiger partial charge in [-0.05, 0) is 0 Å². The summed E-state index contributed by atoms with van der Waals surface area (Å²) in [6.45, 7) is 9.09. The number of benzene rings is 2. The van der Waals surface area contributed by atoms with Gasteiger partial charge in [0.05, 0.1) is 0 Å². The van der Waals surface area contributed by atoms with Crippen molar-refractivity contribution in [3.05, 3.63) is 59.7 Å². The Bertz CT molecular complexity index is 772. The van der Waals surface area contributed by atoms with Gasteiger partial charge < -0.3 is 0 Å². The fraction of sp³-hybridized carbons (Fsp3) is 0.571. The first-order chi connectivity index (χ1) is 15.3. The Labute approximate surface area is 196 Å². The molecule has 32 heavy (non-hydrogen) atoms. The maximum atomic E-state index is 11.1. The summed E-state index contributed by atoms with van der Waals surface area (Å²) in [5, 5.41) is 0.616. The van der Waals surface area contributed by atoms with Crippen LogP contribution in [0.5, 0.6) is 5.75 Å². The molecular weight excluding hydrogens is 415 g/mol. The summed E-state index contributed by atoms with van der Waals surface area (Å²) in [7, 11) is -4.05. The zero-order chi connectivity index (χ0) is 23.4. The van der Waals surface area contributed by atoms with Crippen molar-refractivity contribution in [2.45, 2.75) is 91.9 Å². The van der Waals surface area contributed by atoms with Crippen LogP contribution >= 0.6 is 7.94 Å². The second-order valence-electron chi connectivity index (χ2n) is 9.95. The van der Waals surface area contributed by atoms with Gasteiger partial charge in [0.25, 0.3) is 0 Å². The molecular formula is C28H45O3P. The molecule has 0 amide bonds. The van der Waals surface area contributed by atoms with Crippen molar-refractivity contribution in [2.24, 2.45) is 11.8 Å². The standard InChI is InChI=1S/C28H45O3P/c1-23(2)15-8-5-10-17-25-18-14-22-28(27(25)21-13-6-9-16-24(3)4)32(29,30)31-26-19-11-7-12-20-26/h7,11-12,14,18-20,22-24,29-30,32H,5-6,8-10,13,15-17,21H2,1-4H3. The molecule has 0 aliphatic rings. The van der Waals surface area contributed by atoms with E-state index in [1.807, 2.05) is 30.3 Å². The van der Waals surface area contributed by atoms with Crippen LogP contribution in [0.1, 0.15) is 90.2 Å². The molecule has 0 spiro atoms. The van der Waals surface area contributed by atoms with E-state index in [0.717, 1.165) is 43.1 Å². The van der Waals surface area contributed by atoms with E-state index in [1.54, 1.807) is 12.1 Å². The van der Waals surface area contributed by atoms with E-state index < -0.39 is 7.94 Å². The molecule has 0 aromatic heterocycles. The van der Waals surface area contributed by atoms with Crippen LogP contribution in [0.25, 0.3) is 0 Å². The summed E-state index contributed by atoms with van der Waals surface area (Å²) in [4.78, 5) is 22.1. The molecule has 4 heteroatoms. The van der Waals surface area contributed by atoms with Crippen LogP contribution in [0, 0.1) is 11.8 Å². The van der Waals surface area contributed by atoms with Gasteiger partial charge in [0.15, 0.2) is 0 Å². The Morgan fingerprint density at radius 1 is 0.688 bits per heavy atom. The van der Waals surface area contributed by atoms with Crippen LogP contribution in [-0.2, 0) is 12.8 Å². The van der Waals surface area contributed by atoms with Crippen LogP contribution in [0.4, 0.5) is 0 Å². The van der Waals surface area contributed by atoms with Gasteiger partial charge in [-0.3, -0.25) is 0 Å². The predicted octanol–water partition coefficient (Wildman–Crippen LogP) is 7.39. The summed E-state index contributed by atoms with van der Waals surface area (Å²) >= 11 is 0. The molecule has 0 heterocycles. The van der Waals surface area contributed by atoms with Crippen molar-refractivity contribution in [1.29, 1.82) is 0 Å². The third-order valence-electron chi connectivity index (χ3n) is 6.06. The van der Waals surface area contributed by atoms with Gasteiger partial charge in [0.2, 0.25) is 0 Å². The molecule has 2 rings (SSSR count). The quantitative estimate of drug-likeness (QED) is 0.215. The predicted molar refractivity (Wildman–Crippen MR) is 140 cm³/mol. The monoisotopic (exact) mass is 460 g/mol. The summed E-state index contributed by atoms with van der Waals surface area (Å²) in [5.41, 5.74) is 2.36. The van der Waals surface area contributed by atoms with Crippen molar-refractivity contribution >= 4 is 13.2 Å². The number of hydrogen-bond acceptors (Lipinski definition) is 3. The molecule has 0 saturated carbocycles. The van der Waals surface area contributed by atoms with Crippen molar-refractivity contribution in [3.63, 3.8) is 0 Å². The molecule has 0 aliphatic carbocycles. The molecule has 0 fully saturated rings. The van der Waals surface area contributed by atoms with Crippen molar-refractivity contribution in [2.75, 3.05) is 0 Å². The Kier molecular flexibility index (Phi) is 11.7. The molecule has 0 bridgehead atoms. The van der Waals surface area contributed by atoms with E-state index >= 15 is 0 Å². The number of unbranched alkanes of at least 4 members (excludes halogenated alkanes) is 4. The Morgan fingerprint density at radius 2 is 1.28 bits per heavy atom. The van der Waals surface area contributed by atoms with Crippen LogP contribution < -0.4 is 9.83 Å². The van der Waals surface area contributed by atoms with E-state index in [2.05, 4.69) is 33.8 Å². The average Bonchev–Trinajstić information content (AvgIpc) is 2.73. The summed E-state index contributed by atoms with van der Waals surface area (Å²) in [5.74, 6) is 1.99. The molecule has 0 unspecified atom stereocenters. The van der Waals surface area contributed by atoms with Gasteiger partial charge in [-0.25, -0.2) is 0 Å². The van der Waals surface area contributed by atoms with Crippen molar-refractivity contribution in [3.8, 4) is 5.75 Å². The van der Waals surface area contributed by atoms with Crippen LogP contribution in [0.2, 0.25) is 0 Å². The van der Waals surface area contributed by atoms with E-state index in [-0.39, 0.29) is 0 Å². The number of para-hydroxylation sites is 1. The first-order valence-corrected chi connectivity index (χ1v) is 14.4. The fourth-order valence-corrected chi connectivity index (χ4v) is 5.82. The third-order valence-corrected chi connectivity index (χ3v) is 7.75. The molecule has 180 valence electrons. The van der Waals surface area contributed by atoms with Gasteiger partial charge in [-0.1, -0.05) is 0 Å². The molecule has 2 N–H and O–H groups in total. The van der Waals surface area contributed by atoms with E-state index in [9.17, 15) is 9.79 Å². The normalized spacial score (nSPS) is 12.5. The van der Waals surface area contributed by atoms with E-state index in [1.165, 1.54) is 44.1 Å². The average molecular weight is 461 g/mol. The zero-order valence-corrected chi connectivity index (χ0v) is 21.6. The molecule has 0 atom stereocenters.